The van der Waals surface area contributed by atoms with Gasteiger partial charge in [-0.15, -0.1) is 0 Å². The van der Waals surface area contributed by atoms with Gasteiger partial charge in [0.25, 0.3) is 0 Å². The lowest BCUT2D eigenvalue weighted by molar-refractivity contribution is 0.0693. The topological polar surface area (TPSA) is 89.1 Å². The van der Waals surface area contributed by atoms with E-state index in [4.69, 9.17) is 10.8 Å². The summed E-state index contributed by atoms with van der Waals surface area (Å²) in [7, 11) is 0. The minimum Gasteiger partial charge on any atom is -0.478 e. The molecule has 3 N–H and O–H groups in total. The molecule has 0 aliphatic heterocycles. The highest BCUT2D eigenvalue weighted by Gasteiger charge is 2.12. The lowest BCUT2D eigenvalue weighted by Crippen LogP contribution is -2.01. The third-order valence-electron chi connectivity index (χ3n) is 2.21. The van der Waals surface area contributed by atoms with E-state index in [1.165, 1.54) is 17.8 Å². The highest BCUT2D eigenvalue weighted by Crippen LogP contribution is 2.29. The molecule has 18 heavy (non-hydrogen) atoms. The second-order valence-electron chi connectivity index (χ2n) is 3.64. The Balaban J connectivity index is 2.37. The number of hydrogen-bond acceptors (Lipinski definition) is 5. The van der Waals surface area contributed by atoms with Gasteiger partial charge in [0.15, 0.2) is 5.16 Å². The number of anilines is 1. The van der Waals surface area contributed by atoms with Gasteiger partial charge in [-0.3, -0.25) is 0 Å². The van der Waals surface area contributed by atoms with E-state index in [2.05, 4.69) is 9.97 Å². The molecule has 0 aliphatic rings. The van der Waals surface area contributed by atoms with E-state index in [-0.39, 0.29) is 5.56 Å². The maximum absolute atomic E-state index is 11.1. The van der Waals surface area contributed by atoms with Gasteiger partial charge in [-0.05, 0) is 43.0 Å². The Morgan fingerprint density at radius 3 is 2.83 bits per heavy atom. The maximum atomic E-state index is 11.1. The van der Waals surface area contributed by atoms with Crippen molar-refractivity contribution in [3.8, 4) is 0 Å². The summed E-state index contributed by atoms with van der Waals surface area (Å²) in [5.41, 5.74) is 6.99. The maximum Gasteiger partial charge on any atom is 0.336 e. The average molecular weight is 261 g/mol. The highest BCUT2D eigenvalue weighted by molar-refractivity contribution is 7.99. The summed E-state index contributed by atoms with van der Waals surface area (Å²) in [5, 5.41) is 9.63. The van der Waals surface area contributed by atoms with Crippen LogP contribution in [0.2, 0.25) is 0 Å². The van der Waals surface area contributed by atoms with Gasteiger partial charge in [-0.2, -0.15) is 0 Å². The molecule has 1 heterocycles. The zero-order valence-electron chi connectivity index (χ0n) is 9.62. The standard InChI is InChI=1S/C12H11N3O2S/c1-7-4-5-14-12(15-7)18-10-3-2-8(13)6-9(10)11(16)17/h2-6H,13H2,1H3,(H,16,17). The molecule has 5 nitrogen and oxygen atoms in total. The molecule has 0 amide bonds. The first-order valence-electron chi connectivity index (χ1n) is 5.16. The zero-order valence-corrected chi connectivity index (χ0v) is 10.4. The number of aromatic carboxylic acids is 1. The van der Waals surface area contributed by atoms with Crippen LogP contribution < -0.4 is 5.73 Å². The van der Waals surface area contributed by atoms with Crippen molar-refractivity contribution in [3.05, 3.63) is 41.7 Å². The molecule has 1 aromatic heterocycles. The summed E-state index contributed by atoms with van der Waals surface area (Å²) in [4.78, 5) is 20.0. The SMILES string of the molecule is Cc1ccnc(Sc2ccc(N)cc2C(=O)O)n1. The van der Waals surface area contributed by atoms with Crippen molar-refractivity contribution in [2.75, 3.05) is 5.73 Å². The van der Waals surface area contributed by atoms with E-state index in [1.54, 1.807) is 24.4 Å². The van der Waals surface area contributed by atoms with Crippen LogP contribution in [0.3, 0.4) is 0 Å². The highest BCUT2D eigenvalue weighted by atomic mass is 32.2. The van der Waals surface area contributed by atoms with E-state index >= 15 is 0 Å². The number of aromatic nitrogens is 2. The minimum absolute atomic E-state index is 0.158. The van der Waals surface area contributed by atoms with Crippen molar-refractivity contribution in [1.82, 2.24) is 9.97 Å². The van der Waals surface area contributed by atoms with Gasteiger partial charge >= 0.3 is 5.97 Å². The van der Waals surface area contributed by atoms with Gasteiger partial charge in [-0.25, -0.2) is 14.8 Å². The lowest BCUT2D eigenvalue weighted by atomic mass is 10.2. The largest absolute Gasteiger partial charge is 0.478 e. The van der Waals surface area contributed by atoms with Crippen LogP contribution in [0.5, 0.6) is 0 Å². The van der Waals surface area contributed by atoms with E-state index in [9.17, 15) is 4.79 Å². The summed E-state index contributed by atoms with van der Waals surface area (Å²) < 4.78 is 0. The number of nitrogens with zero attached hydrogens (tertiary/aromatic N) is 2. The van der Waals surface area contributed by atoms with Crippen molar-refractivity contribution < 1.29 is 9.90 Å². The van der Waals surface area contributed by atoms with Crippen molar-refractivity contribution in [2.45, 2.75) is 17.0 Å². The van der Waals surface area contributed by atoms with E-state index in [1.807, 2.05) is 6.92 Å². The van der Waals surface area contributed by atoms with Crippen LogP contribution in [0.15, 0.2) is 40.5 Å². The van der Waals surface area contributed by atoms with Gasteiger partial charge in [0.2, 0.25) is 0 Å². The number of hydrogen-bond donors (Lipinski definition) is 2. The normalized spacial score (nSPS) is 10.3. The molecular weight excluding hydrogens is 250 g/mol. The summed E-state index contributed by atoms with van der Waals surface area (Å²) in [6, 6.07) is 6.53. The van der Waals surface area contributed by atoms with Crippen LogP contribution in [0, 0.1) is 6.92 Å². The van der Waals surface area contributed by atoms with Gasteiger partial charge < -0.3 is 10.8 Å². The molecular formula is C12H11N3O2S. The van der Waals surface area contributed by atoms with Gasteiger partial charge in [0, 0.05) is 22.5 Å². The Kier molecular flexibility index (Phi) is 3.47. The number of carboxylic acids is 1. The molecule has 2 rings (SSSR count). The number of nitrogens with two attached hydrogens (primary N) is 1. The lowest BCUT2D eigenvalue weighted by Gasteiger charge is -2.05. The number of carboxylic acid groups (broad SMARTS) is 1. The first-order valence-corrected chi connectivity index (χ1v) is 5.98. The fraction of sp³-hybridized carbons (Fsp3) is 0.0833. The predicted octanol–water partition coefficient (Wildman–Crippen LogP) is 2.22. The molecule has 1 aromatic carbocycles. The number of nitrogen functional groups attached to an aromatic ring is 1. The third kappa shape index (κ3) is 2.78. The van der Waals surface area contributed by atoms with Crippen LogP contribution in [-0.2, 0) is 0 Å². The molecule has 0 fully saturated rings. The number of aryl methyl sites for hydroxylation is 1. The monoisotopic (exact) mass is 261 g/mol. The van der Waals surface area contributed by atoms with Crippen molar-refractivity contribution in [3.63, 3.8) is 0 Å². The smallest absolute Gasteiger partial charge is 0.336 e. The van der Waals surface area contributed by atoms with E-state index in [0.29, 0.717) is 15.7 Å². The molecule has 0 saturated heterocycles. The van der Waals surface area contributed by atoms with Crippen LogP contribution in [0.4, 0.5) is 5.69 Å². The van der Waals surface area contributed by atoms with E-state index in [0.717, 1.165) is 5.69 Å². The number of rotatable bonds is 3. The van der Waals surface area contributed by atoms with Crippen molar-refractivity contribution >= 4 is 23.4 Å². The number of carbonyl (C=O) groups is 1. The molecule has 2 aromatic rings. The van der Waals surface area contributed by atoms with Gasteiger partial charge in [0.1, 0.15) is 0 Å². The Morgan fingerprint density at radius 1 is 1.39 bits per heavy atom. The number of benzene rings is 1. The Bertz CT molecular complexity index is 602. The van der Waals surface area contributed by atoms with Crippen LogP contribution in [-0.4, -0.2) is 21.0 Å². The Hall–Kier alpha value is -2.08. The van der Waals surface area contributed by atoms with Crippen LogP contribution >= 0.6 is 11.8 Å². The molecule has 92 valence electrons. The van der Waals surface area contributed by atoms with Crippen LogP contribution in [0.1, 0.15) is 16.1 Å². The third-order valence-corrected chi connectivity index (χ3v) is 3.16. The summed E-state index contributed by atoms with van der Waals surface area (Å²) in [5.74, 6) is -1.02. The molecule has 0 aliphatic carbocycles. The predicted molar refractivity (Wildman–Crippen MR) is 68.7 cm³/mol. The summed E-state index contributed by atoms with van der Waals surface area (Å²) in [6.45, 7) is 1.85. The molecule has 0 atom stereocenters. The molecule has 0 radical (unpaired) electrons. The molecule has 6 heteroatoms. The Labute approximate surface area is 108 Å². The summed E-state index contributed by atoms with van der Waals surface area (Å²) in [6.07, 6.45) is 1.64. The van der Waals surface area contributed by atoms with Crippen LogP contribution in [0.25, 0.3) is 0 Å². The fourth-order valence-electron chi connectivity index (χ4n) is 1.38. The second-order valence-corrected chi connectivity index (χ2v) is 4.65. The Morgan fingerprint density at radius 2 is 2.17 bits per heavy atom. The molecule has 0 saturated carbocycles. The first kappa shape index (κ1) is 12.4. The van der Waals surface area contributed by atoms with Gasteiger partial charge in [0.05, 0.1) is 5.56 Å². The second kappa shape index (κ2) is 5.05. The van der Waals surface area contributed by atoms with Crippen molar-refractivity contribution in [1.29, 1.82) is 0 Å². The van der Waals surface area contributed by atoms with E-state index < -0.39 is 5.97 Å². The zero-order chi connectivity index (χ0) is 13.1. The fourth-order valence-corrected chi connectivity index (χ4v) is 2.27. The average Bonchev–Trinajstić information content (AvgIpc) is 2.31. The quantitative estimate of drug-likeness (QED) is 0.650. The molecule has 0 bridgehead atoms. The van der Waals surface area contributed by atoms with Crippen molar-refractivity contribution in [2.24, 2.45) is 0 Å². The van der Waals surface area contributed by atoms with Gasteiger partial charge in [-0.1, -0.05) is 0 Å². The molecule has 0 spiro atoms. The summed E-state index contributed by atoms with van der Waals surface area (Å²) >= 11 is 1.21. The molecule has 0 unspecified atom stereocenters. The minimum atomic E-state index is -1.02. The first-order chi connectivity index (χ1) is 8.56.